The second kappa shape index (κ2) is 7.91. The standard InChI is InChI=1S/C13H17BrN2O3/c14-16(11(13(18)19)8-4-5-9-15)12(17)10-6-2-1-3-7-10/h1-3,6-7,11H,4-5,8-9,15H2,(H,18,19). The van der Waals surface area contributed by atoms with E-state index in [0.29, 0.717) is 24.9 Å². The van der Waals surface area contributed by atoms with E-state index in [4.69, 9.17) is 5.73 Å². The number of rotatable bonds is 7. The molecule has 1 atom stereocenters. The number of hydrogen-bond donors (Lipinski definition) is 2. The molecule has 1 amide bonds. The fourth-order valence-electron chi connectivity index (χ4n) is 1.66. The molecule has 0 aromatic heterocycles. The van der Waals surface area contributed by atoms with Crippen molar-refractivity contribution in [1.82, 2.24) is 3.93 Å². The van der Waals surface area contributed by atoms with Crippen molar-refractivity contribution in [2.75, 3.05) is 6.54 Å². The minimum atomic E-state index is -1.03. The quantitative estimate of drug-likeness (QED) is 0.592. The number of halogens is 1. The number of nitrogens with two attached hydrogens (primary N) is 1. The lowest BCUT2D eigenvalue weighted by Crippen LogP contribution is -2.38. The summed E-state index contributed by atoms with van der Waals surface area (Å²) in [6.45, 7) is 0.515. The smallest absolute Gasteiger partial charge is 0.327 e. The molecule has 19 heavy (non-hydrogen) atoms. The van der Waals surface area contributed by atoms with Crippen LogP contribution in [-0.2, 0) is 4.79 Å². The van der Waals surface area contributed by atoms with Gasteiger partial charge in [0, 0.05) is 5.56 Å². The lowest BCUT2D eigenvalue weighted by molar-refractivity contribution is -0.140. The maximum atomic E-state index is 12.1. The van der Waals surface area contributed by atoms with Crippen LogP contribution >= 0.6 is 16.1 Å². The zero-order chi connectivity index (χ0) is 14.3. The molecule has 0 aliphatic heterocycles. The second-order valence-corrected chi connectivity index (χ2v) is 4.89. The number of benzene rings is 1. The topological polar surface area (TPSA) is 83.6 Å². The van der Waals surface area contributed by atoms with Gasteiger partial charge in [0.05, 0.1) is 16.1 Å². The number of unbranched alkanes of at least 4 members (excludes halogenated alkanes) is 1. The van der Waals surface area contributed by atoms with Gasteiger partial charge in [0.1, 0.15) is 6.04 Å². The van der Waals surface area contributed by atoms with Crippen LogP contribution in [0.3, 0.4) is 0 Å². The van der Waals surface area contributed by atoms with Gasteiger partial charge in [-0.05, 0) is 37.9 Å². The average Bonchev–Trinajstić information content (AvgIpc) is 2.42. The highest BCUT2D eigenvalue weighted by molar-refractivity contribution is 9.07. The van der Waals surface area contributed by atoms with E-state index in [1.54, 1.807) is 30.3 Å². The van der Waals surface area contributed by atoms with Crippen molar-refractivity contribution in [3.8, 4) is 0 Å². The van der Waals surface area contributed by atoms with Gasteiger partial charge < -0.3 is 10.8 Å². The van der Waals surface area contributed by atoms with Gasteiger partial charge >= 0.3 is 5.97 Å². The van der Waals surface area contributed by atoms with E-state index in [9.17, 15) is 14.7 Å². The fourth-order valence-corrected chi connectivity index (χ4v) is 2.25. The van der Waals surface area contributed by atoms with E-state index in [2.05, 4.69) is 16.1 Å². The Labute approximate surface area is 120 Å². The molecule has 1 unspecified atom stereocenters. The van der Waals surface area contributed by atoms with Crippen molar-refractivity contribution in [2.24, 2.45) is 5.73 Å². The van der Waals surface area contributed by atoms with Crippen molar-refractivity contribution < 1.29 is 14.7 Å². The Kier molecular flexibility index (Phi) is 6.52. The Morgan fingerprint density at radius 2 is 1.89 bits per heavy atom. The van der Waals surface area contributed by atoms with Crippen LogP contribution in [0.4, 0.5) is 0 Å². The van der Waals surface area contributed by atoms with Crippen LogP contribution in [0.5, 0.6) is 0 Å². The summed E-state index contributed by atoms with van der Waals surface area (Å²) in [6, 6.07) is 7.67. The van der Waals surface area contributed by atoms with Gasteiger partial charge in [-0.25, -0.2) is 4.79 Å². The van der Waals surface area contributed by atoms with E-state index in [1.165, 1.54) is 0 Å². The van der Waals surface area contributed by atoms with E-state index in [1.807, 2.05) is 0 Å². The number of nitrogens with zero attached hydrogens (tertiary/aromatic N) is 1. The molecule has 104 valence electrons. The first kappa shape index (κ1) is 15.7. The minimum absolute atomic E-state index is 0.360. The van der Waals surface area contributed by atoms with Crippen LogP contribution in [0, 0.1) is 0 Å². The highest BCUT2D eigenvalue weighted by Crippen LogP contribution is 2.17. The molecule has 0 aliphatic rings. The second-order valence-electron chi connectivity index (χ2n) is 4.12. The van der Waals surface area contributed by atoms with Crippen molar-refractivity contribution >= 4 is 28.0 Å². The highest BCUT2D eigenvalue weighted by Gasteiger charge is 2.28. The van der Waals surface area contributed by atoms with Gasteiger partial charge in [0.25, 0.3) is 5.91 Å². The largest absolute Gasteiger partial charge is 0.480 e. The maximum Gasteiger partial charge on any atom is 0.327 e. The summed E-state index contributed by atoms with van der Waals surface area (Å²) in [4.78, 5) is 23.3. The molecular formula is C13H17BrN2O3. The molecule has 0 heterocycles. The Morgan fingerprint density at radius 3 is 2.42 bits per heavy atom. The van der Waals surface area contributed by atoms with Gasteiger partial charge in [0.2, 0.25) is 0 Å². The molecule has 5 nitrogen and oxygen atoms in total. The van der Waals surface area contributed by atoms with Gasteiger partial charge in [-0.1, -0.05) is 18.2 Å². The number of carboxylic acid groups (broad SMARTS) is 1. The number of carboxylic acids is 1. The molecule has 0 bridgehead atoms. The van der Waals surface area contributed by atoms with Gasteiger partial charge in [0.15, 0.2) is 0 Å². The molecule has 0 fully saturated rings. The summed E-state index contributed by atoms with van der Waals surface area (Å²) in [5, 5.41) is 9.18. The zero-order valence-electron chi connectivity index (χ0n) is 10.5. The van der Waals surface area contributed by atoms with E-state index in [0.717, 1.165) is 10.3 Å². The van der Waals surface area contributed by atoms with E-state index in [-0.39, 0.29) is 5.91 Å². The number of hydrogen-bond acceptors (Lipinski definition) is 3. The minimum Gasteiger partial charge on any atom is -0.480 e. The van der Waals surface area contributed by atoms with Crippen LogP contribution in [0.25, 0.3) is 0 Å². The molecule has 0 radical (unpaired) electrons. The monoisotopic (exact) mass is 328 g/mol. The molecule has 1 rings (SSSR count). The number of amides is 1. The van der Waals surface area contributed by atoms with Crippen LogP contribution in [0.1, 0.15) is 29.6 Å². The zero-order valence-corrected chi connectivity index (χ0v) is 12.0. The summed E-state index contributed by atoms with van der Waals surface area (Å²) in [6.07, 6.45) is 1.78. The first-order valence-electron chi connectivity index (χ1n) is 6.05. The highest BCUT2D eigenvalue weighted by atomic mass is 79.9. The van der Waals surface area contributed by atoms with Crippen LogP contribution < -0.4 is 5.73 Å². The van der Waals surface area contributed by atoms with Crippen LogP contribution in [0.15, 0.2) is 30.3 Å². The molecule has 6 heteroatoms. The van der Waals surface area contributed by atoms with Gasteiger partial charge in [-0.3, -0.25) is 8.72 Å². The predicted molar refractivity (Wildman–Crippen MR) is 75.9 cm³/mol. The summed E-state index contributed by atoms with van der Waals surface area (Å²) in [7, 11) is 0. The van der Waals surface area contributed by atoms with Crippen molar-refractivity contribution in [1.29, 1.82) is 0 Å². The molecule has 1 aromatic carbocycles. The van der Waals surface area contributed by atoms with Crippen LogP contribution in [0.2, 0.25) is 0 Å². The van der Waals surface area contributed by atoms with E-state index < -0.39 is 12.0 Å². The first-order valence-corrected chi connectivity index (χ1v) is 6.76. The van der Waals surface area contributed by atoms with Crippen molar-refractivity contribution in [3.63, 3.8) is 0 Å². The predicted octanol–water partition coefficient (Wildman–Crippen LogP) is 2.02. The lowest BCUT2D eigenvalue weighted by Gasteiger charge is -2.22. The molecule has 3 N–H and O–H groups in total. The normalized spacial score (nSPS) is 11.9. The van der Waals surface area contributed by atoms with Gasteiger partial charge in [-0.2, -0.15) is 0 Å². The summed E-state index contributed by atoms with van der Waals surface area (Å²) >= 11 is 3.07. The van der Waals surface area contributed by atoms with Crippen molar-refractivity contribution in [2.45, 2.75) is 25.3 Å². The average molecular weight is 329 g/mol. The third-order valence-electron chi connectivity index (χ3n) is 2.71. The lowest BCUT2D eigenvalue weighted by atomic mass is 10.1. The molecular weight excluding hydrogens is 312 g/mol. The number of carbonyl (C=O) groups excluding carboxylic acids is 1. The van der Waals surface area contributed by atoms with Crippen LogP contribution in [-0.4, -0.2) is 33.5 Å². The number of aliphatic carboxylic acids is 1. The maximum absolute atomic E-state index is 12.1. The Hall–Kier alpha value is -1.40. The Bertz CT molecular complexity index is 425. The summed E-state index contributed by atoms with van der Waals surface area (Å²) < 4.78 is 1.10. The van der Waals surface area contributed by atoms with Gasteiger partial charge in [-0.15, -0.1) is 0 Å². The van der Waals surface area contributed by atoms with E-state index >= 15 is 0 Å². The Balaban J connectivity index is 2.73. The summed E-state index contributed by atoms with van der Waals surface area (Å²) in [5.74, 6) is -1.39. The molecule has 0 saturated heterocycles. The SMILES string of the molecule is NCCCCC(C(=O)O)N(Br)C(=O)c1ccccc1. The molecule has 0 saturated carbocycles. The molecule has 0 aliphatic carbocycles. The fraction of sp³-hybridized carbons (Fsp3) is 0.385. The number of carbonyl (C=O) groups is 2. The third-order valence-corrected chi connectivity index (χ3v) is 3.52. The third kappa shape index (κ3) is 4.65. The Morgan fingerprint density at radius 1 is 1.26 bits per heavy atom. The summed E-state index contributed by atoms with van der Waals surface area (Å²) in [5.41, 5.74) is 5.83. The van der Waals surface area contributed by atoms with Crippen molar-refractivity contribution in [3.05, 3.63) is 35.9 Å². The molecule has 0 spiro atoms. The first-order chi connectivity index (χ1) is 9.07. The molecule has 1 aromatic rings.